The van der Waals surface area contributed by atoms with Gasteiger partial charge in [-0.25, -0.2) is 0 Å². The lowest BCUT2D eigenvalue weighted by molar-refractivity contribution is -0.153. The first-order chi connectivity index (χ1) is 10.3. The number of ether oxygens (including phenoxy) is 2. The molecule has 0 aliphatic rings. The van der Waals surface area contributed by atoms with Crippen LogP contribution in [0.5, 0.6) is 5.75 Å². The van der Waals surface area contributed by atoms with Gasteiger partial charge in [-0.3, -0.25) is 9.59 Å². The summed E-state index contributed by atoms with van der Waals surface area (Å²) in [4.78, 5) is 23.5. The van der Waals surface area contributed by atoms with Gasteiger partial charge in [-0.1, -0.05) is 38.4 Å². The van der Waals surface area contributed by atoms with Crippen molar-refractivity contribution in [1.82, 2.24) is 0 Å². The molecule has 22 heavy (non-hydrogen) atoms. The largest absolute Gasteiger partial charge is 0.462 e. The van der Waals surface area contributed by atoms with Crippen LogP contribution in [0, 0.1) is 12.8 Å². The lowest BCUT2D eigenvalue weighted by atomic mass is 10.1. The molecular formula is C17H23ClO4. The molecule has 122 valence electrons. The molecule has 0 N–H and O–H groups in total. The highest BCUT2D eigenvalue weighted by Crippen LogP contribution is 2.25. The lowest BCUT2D eigenvalue weighted by Crippen LogP contribution is -2.23. The number of esters is 2. The Bertz CT molecular complexity index is 525. The van der Waals surface area contributed by atoms with E-state index in [0.717, 1.165) is 12.0 Å². The van der Waals surface area contributed by atoms with Crippen molar-refractivity contribution in [1.29, 1.82) is 0 Å². The maximum Gasteiger partial charge on any atom is 0.311 e. The van der Waals surface area contributed by atoms with Crippen LogP contribution in [0.25, 0.3) is 0 Å². The van der Waals surface area contributed by atoms with Gasteiger partial charge in [0.15, 0.2) is 0 Å². The Morgan fingerprint density at radius 1 is 1.18 bits per heavy atom. The summed E-state index contributed by atoms with van der Waals surface area (Å²) in [6, 6.07) is 5.16. The highest BCUT2D eigenvalue weighted by Gasteiger charge is 2.18. The SMILES string of the molecule is CCC(OC(=O)CCC(=O)Oc1ccc(C)cc1Cl)C(C)C. The van der Waals surface area contributed by atoms with E-state index in [0.29, 0.717) is 10.8 Å². The first kappa shape index (κ1) is 18.5. The first-order valence-corrected chi connectivity index (χ1v) is 7.87. The quantitative estimate of drug-likeness (QED) is 0.553. The van der Waals surface area contributed by atoms with E-state index >= 15 is 0 Å². The minimum absolute atomic E-state index is 0.00549. The van der Waals surface area contributed by atoms with Gasteiger partial charge < -0.3 is 9.47 Å². The van der Waals surface area contributed by atoms with Crippen molar-refractivity contribution in [3.63, 3.8) is 0 Å². The zero-order chi connectivity index (χ0) is 16.7. The smallest absolute Gasteiger partial charge is 0.311 e. The average Bonchev–Trinajstić information content (AvgIpc) is 2.45. The molecule has 0 aliphatic heterocycles. The maximum atomic E-state index is 11.8. The second-order valence-corrected chi connectivity index (χ2v) is 6.00. The van der Waals surface area contributed by atoms with Gasteiger partial charge in [-0.05, 0) is 37.0 Å². The van der Waals surface area contributed by atoms with Gasteiger partial charge in [0.25, 0.3) is 0 Å². The summed E-state index contributed by atoms with van der Waals surface area (Å²) >= 11 is 5.99. The third kappa shape index (κ3) is 6.06. The molecule has 1 aromatic carbocycles. The van der Waals surface area contributed by atoms with Crippen molar-refractivity contribution in [3.8, 4) is 5.75 Å². The Morgan fingerprint density at radius 2 is 1.82 bits per heavy atom. The van der Waals surface area contributed by atoms with Gasteiger partial charge in [0.05, 0.1) is 17.9 Å². The van der Waals surface area contributed by atoms with E-state index in [1.54, 1.807) is 18.2 Å². The summed E-state index contributed by atoms with van der Waals surface area (Å²) in [5.41, 5.74) is 0.979. The Kier molecular flexibility index (Phi) is 7.39. The zero-order valence-corrected chi connectivity index (χ0v) is 14.3. The molecule has 0 aliphatic carbocycles. The molecule has 5 heteroatoms. The monoisotopic (exact) mass is 326 g/mol. The van der Waals surface area contributed by atoms with Crippen molar-refractivity contribution in [2.75, 3.05) is 0 Å². The van der Waals surface area contributed by atoms with E-state index in [-0.39, 0.29) is 30.8 Å². The molecular weight excluding hydrogens is 304 g/mol. The van der Waals surface area contributed by atoms with E-state index in [9.17, 15) is 9.59 Å². The predicted octanol–water partition coefficient (Wildman–Crippen LogP) is 4.31. The van der Waals surface area contributed by atoms with Gasteiger partial charge in [0.2, 0.25) is 0 Å². The topological polar surface area (TPSA) is 52.6 Å². The average molecular weight is 327 g/mol. The standard InChI is InChI=1S/C17H23ClO4/c1-5-14(11(2)3)21-16(19)8-9-17(20)22-15-7-6-12(4)10-13(15)18/h6-7,10-11,14H,5,8-9H2,1-4H3. The number of hydrogen-bond acceptors (Lipinski definition) is 4. The molecule has 0 aromatic heterocycles. The highest BCUT2D eigenvalue weighted by molar-refractivity contribution is 6.32. The van der Waals surface area contributed by atoms with Crippen molar-refractivity contribution in [2.45, 2.75) is 53.1 Å². The Labute approximate surface area is 136 Å². The van der Waals surface area contributed by atoms with Gasteiger partial charge in [0.1, 0.15) is 11.9 Å². The van der Waals surface area contributed by atoms with E-state index in [2.05, 4.69) is 0 Å². The number of aryl methyl sites for hydroxylation is 1. The van der Waals surface area contributed by atoms with Crippen molar-refractivity contribution in [3.05, 3.63) is 28.8 Å². The van der Waals surface area contributed by atoms with Gasteiger partial charge >= 0.3 is 11.9 Å². The van der Waals surface area contributed by atoms with Crippen LogP contribution in [0.4, 0.5) is 0 Å². The highest BCUT2D eigenvalue weighted by atomic mass is 35.5. The first-order valence-electron chi connectivity index (χ1n) is 7.49. The second-order valence-electron chi connectivity index (χ2n) is 5.59. The summed E-state index contributed by atoms with van der Waals surface area (Å²) < 4.78 is 10.5. The van der Waals surface area contributed by atoms with Crippen LogP contribution in [-0.2, 0) is 14.3 Å². The van der Waals surface area contributed by atoms with Crippen LogP contribution in [0.2, 0.25) is 5.02 Å². The normalized spacial score (nSPS) is 12.1. The summed E-state index contributed by atoms with van der Waals surface area (Å²) in [5, 5.41) is 0.377. The van der Waals surface area contributed by atoms with Crippen LogP contribution in [-0.4, -0.2) is 18.0 Å². The number of rotatable bonds is 7. The lowest BCUT2D eigenvalue weighted by Gasteiger charge is -2.19. The van der Waals surface area contributed by atoms with Crippen LogP contribution in [0.15, 0.2) is 18.2 Å². The molecule has 0 saturated carbocycles. The molecule has 0 amide bonds. The fraction of sp³-hybridized carbons (Fsp3) is 0.529. The van der Waals surface area contributed by atoms with E-state index in [1.165, 1.54) is 0 Å². The fourth-order valence-corrected chi connectivity index (χ4v) is 2.26. The molecule has 4 nitrogen and oxygen atoms in total. The van der Waals surface area contributed by atoms with Crippen LogP contribution >= 0.6 is 11.6 Å². The van der Waals surface area contributed by atoms with Crippen LogP contribution in [0.1, 0.15) is 45.6 Å². The molecule has 0 saturated heterocycles. The predicted molar refractivity (Wildman–Crippen MR) is 86.1 cm³/mol. The van der Waals surface area contributed by atoms with E-state index in [1.807, 2.05) is 27.7 Å². The van der Waals surface area contributed by atoms with Gasteiger partial charge in [-0.15, -0.1) is 0 Å². The molecule has 1 atom stereocenters. The number of carbonyl (C=O) groups is 2. The molecule has 0 spiro atoms. The Hall–Kier alpha value is -1.55. The maximum absolute atomic E-state index is 11.8. The minimum Gasteiger partial charge on any atom is -0.462 e. The number of hydrogen-bond donors (Lipinski definition) is 0. The third-order valence-corrected chi connectivity index (χ3v) is 3.57. The molecule has 1 unspecified atom stereocenters. The Balaban J connectivity index is 2.44. The summed E-state index contributed by atoms with van der Waals surface area (Å²) in [6.45, 7) is 7.85. The molecule has 0 fully saturated rings. The number of halogens is 1. The molecule has 0 radical (unpaired) electrons. The molecule has 1 aromatic rings. The van der Waals surface area contributed by atoms with Crippen molar-refractivity contribution >= 4 is 23.5 Å². The fourth-order valence-electron chi connectivity index (χ4n) is 1.99. The van der Waals surface area contributed by atoms with Gasteiger partial charge in [-0.2, -0.15) is 0 Å². The van der Waals surface area contributed by atoms with Crippen LogP contribution < -0.4 is 4.74 Å². The summed E-state index contributed by atoms with van der Waals surface area (Å²) in [7, 11) is 0. The summed E-state index contributed by atoms with van der Waals surface area (Å²) in [5.74, 6) is -0.320. The second kappa shape index (κ2) is 8.79. The van der Waals surface area contributed by atoms with E-state index in [4.69, 9.17) is 21.1 Å². The van der Waals surface area contributed by atoms with Crippen molar-refractivity contribution in [2.24, 2.45) is 5.92 Å². The number of carbonyl (C=O) groups excluding carboxylic acids is 2. The van der Waals surface area contributed by atoms with E-state index < -0.39 is 5.97 Å². The zero-order valence-electron chi connectivity index (χ0n) is 13.5. The molecule has 0 heterocycles. The minimum atomic E-state index is -0.500. The van der Waals surface area contributed by atoms with Crippen LogP contribution in [0.3, 0.4) is 0 Å². The summed E-state index contributed by atoms with van der Waals surface area (Å²) in [6.07, 6.45) is 0.616. The van der Waals surface area contributed by atoms with Crippen molar-refractivity contribution < 1.29 is 19.1 Å². The van der Waals surface area contributed by atoms with Gasteiger partial charge in [0, 0.05) is 0 Å². The number of benzene rings is 1. The molecule has 0 bridgehead atoms. The third-order valence-electron chi connectivity index (χ3n) is 3.27. The Morgan fingerprint density at radius 3 is 2.36 bits per heavy atom. The molecule has 1 rings (SSSR count).